The first-order valence-corrected chi connectivity index (χ1v) is 29.7. The minimum absolute atomic E-state index is 0.134. The minimum Gasteiger partial charge on any atom is -0.414 e. The van der Waals surface area contributed by atoms with E-state index >= 15 is 4.79 Å². The monoisotopic (exact) mass is 828 g/mol. The molecule has 0 spiro atoms. The predicted octanol–water partition coefficient (Wildman–Crippen LogP) is 10.4. The summed E-state index contributed by atoms with van der Waals surface area (Å²) in [6, 6.07) is 9.11. The third-order valence-electron chi connectivity index (χ3n) is 15.1. The molecule has 5 aliphatic rings. The lowest BCUT2D eigenvalue weighted by Gasteiger charge is -2.62. The molecule has 12 heteroatoms. The van der Waals surface area contributed by atoms with E-state index in [1.807, 2.05) is 35.2 Å². The van der Waals surface area contributed by atoms with Crippen LogP contribution in [-0.2, 0) is 38.6 Å². The maximum atomic E-state index is 15.4. The van der Waals surface area contributed by atoms with Crippen molar-refractivity contribution in [3.8, 4) is 0 Å². The van der Waals surface area contributed by atoms with Gasteiger partial charge >= 0.3 is 7.60 Å². The number of carbonyl (C=O) groups excluding carboxylic acids is 2. The van der Waals surface area contributed by atoms with Gasteiger partial charge in [-0.05, 0) is 132 Å². The van der Waals surface area contributed by atoms with Crippen LogP contribution in [0.1, 0.15) is 105 Å². The number of piperazine rings is 1. The third kappa shape index (κ3) is 8.02. The molecule has 1 aromatic carbocycles. The molecular formula is C44H73N2O7PSi2. The van der Waals surface area contributed by atoms with E-state index in [-0.39, 0.29) is 53.7 Å². The largest absolute Gasteiger partial charge is 0.414 e. The second-order valence-electron chi connectivity index (χ2n) is 20.6. The molecule has 6 rings (SSSR count). The van der Waals surface area contributed by atoms with Crippen molar-refractivity contribution in [2.45, 2.75) is 162 Å². The highest BCUT2D eigenvalue weighted by Gasteiger charge is 2.71. The SMILES string of the molecule is CCOP(=O)(CN1CC(=O)N(Cc2ccccc2)[C@@H]([C@@]2(O[Si](C)(C)C)CCC3C4CC=C5C[C@@H](O[Si](C)(C)C(C)(C)C)CC[C@]5(C)C4CC[C@@]32C)C1=O)OCC. The zero-order valence-electron chi connectivity index (χ0n) is 36.7. The number of hydrogen-bond donors (Lipinski definition) is 0. The second-order valence-corrected chi connectivity index (χ2v) is 31.8. The number of rotatable bonds is 13. The van der Waals surface area contributed by atoms with Gasteiger partial charge in [-0.25, -0.2) is 0 Å². The van der Waals surface area contributed by atoms with Gasteiger partial charge in [-0.3, -0.25) is 14.2 Å². The molecule has 1 heterocycles. The molecule has 8 atom stereocenters. The predicted molar refractivity (Wildman–Crippen MR) is 229 cm³/mol. The van der Waals surface area contributed by atoms with Crippen molar-refractivity contribution in [2.75, 3.05) is 26.0 Å². The number of amides is 2. The molecule has 314 valence electrons. The van der Waals surface area contributed by atoms with Gasteiger partial charge in [-0.15, -0.1) is 0 Å². The van der Waals surface area contributed by atoms with Crippen molar-refractivity contribution >= 4 is 36.0 Å². The minimum atomic E-state index is -3.68. The van der Waals surface area contributed by atoms with E-state index in [0.29, 0.717) is 36.8 Å². The van der Waals surface area contributed by atoms with Crippen molar-refractivity contribution < 1.29 is 32.1 Å². The molecule has 4 aliphatic carbocycles. The van der Waals surface area contributed by atoms with Crippen LogP contribution in [0.15, 0.2) is 42.0 Å². The quantitative estimate of drug-likeness (QED) is 0.111. The van der Waals surface area contributed by atoms with Crippen LogP contribution in [0.25, 0.3) is 0 Å². The molecule has 3 unspecified atom stereocenters. The zero-order chi connectivity index (χ0) is 41.1. The van der Waals surface area contributed by atoms with Crippen molar-refractivity contribution in [3.05, 3.63) is 47.5 Å². The topological polar surface area (TPSA) is 94.6 Å². The van der Waals surface area contributed by atoms with Gasteiger partial charge in [0.25, 0.3) is 0 Å². The van der Waals surface area contributed by atoms with Crippen LogP contribution in [0.2, 0.25) is 37.8 Å². The lowest BCUT2D eigenvalue weighted by atomic mass is 9.46. The Bertz CT molecular complexity index is 1680. The van der Waals surface area contributed by atoms with Crippen molar-refractivity contribution in [1.82, 2.24) is 9.80 Å². The molecule has 1 aromatic rings. The summed E-state index contributed by atoms with van der Waals surface area (Å²) in [4.78, 5) is 33.3. The van der Waals surface area contributed by atoms with E-state index in [4.69, 9.17) is 17.9 Å². The van der Waals surface area contributed by atoms with Gasteiger partial charge in [-0.2, -0.15) is 0 Å². The molecule has 1 saturated heterocycles. The summed E-state index contributed by atoms with van der Waals surface area (Å²) in [6.45, 7) is 27.4. The average molecular weight is 829 g/mol. The Morgan fingerprint density at radius 1 is 0.893 bits per heavy atom. The highest BCUT2D eigenvalue weighted by atomic mass is 31.2. The Kier molecular flexibility index (Phi) is 12.4. The summed E-state index contributed by atoms with van der Waals surface area (Å²) in [7, 11) is -7.90. The molecule has 0 radical (unpaired) electrons. The van der Waals surface area contributed by atoms with Crippen LogP contribution in [0.5, 0.6) is 0 Å². The van der Waals surface area contributed by atoms with Crippen LogP contribution >= 0.6 is 7.60 Å². The number of allylic oxidation sites excluding steroid dienone is 1. The average Bonchev–Trinajstić information content (AvgIpc) is 3.38. The summed E-state index contributed by atoms with van der Waals surface area (Å²) < 4.78 is 40.0. The Labute approximate surface area is 340 Å². The second kappa shape index (κ2) is 15.8. The number of carbonyl (C=O) groups is 2. The standard InChI is InChI=1S/C44H73N2O7PSi2/c1-13-50-54(49,51-14-2)31-45-30-38(47)46(29-32-18-16-15-17-19-32)39(40(45)48)44(53-55(8,9)10)27-24-37-35-21-20-33-28-34(52-56(11,12)41(3,4)5)22-25-42(33,6)36(35)23-26-43(37,44)7/h15-20,34-37,39H,13-14,21-31H2,1-12H3/t34-,35?,36?,37?,39+,42-,43-,44-/m0/s1. The van der Waals surface area contributed by atoms with E-state index in [9.17, 15) is 9.36 Å². The maximum absolute atomic E-state index is 15.4. The summed E-state index contributed by atoms with van der Waals surface area (Å²) in [5.74, 6) is 0.993. The Morgan fingerprint density at radius 3 is 2.14 bits per heavy atom. The van der Waals surface area contributed by atoms with Crippen LogP contribution < -0.4 is 0 Å². The van der Waals surface area contributed by atoms with Crippen molar-refractivity contribution in [1.29, 1.82) is 0 Å². The molecule has 0 bridgehead atoms. The van der Waals surface area contributed by atoms with Gasteiger partial charge in [-0.1, -0.05) is 76.6 Å². The first-order valence-electron chi connectivity index (χ1n) is 21.6. The van der Waals surface area contributed by atoms with Gasteiger partial charge in [0.05, 0.1) is 18.8 Å². The number of benzene rings is 1. The van der Waals surface area contributed by atoms with Gasteiger partial charge in [0.2, 0.25) is 11.8 Å². The van der Waals surface area contributed by atoms with Crippen molar-refractivity contribution in [2.24, 2.45) is 28.6 Å². The smallest absolute Gasteiger partial charge is 0.349 e. The Balaban J connectivity index is 1.38. The summed E-state index contributed by atoms with van der Waals surface area (Å²) >= 11 is 0. The van der Waals surface area contributed by atoms with E-state index < -0.39 is 35.9 Å². The van der Waals surface area contributed by atoms with Gasteiger partial charge in [0, 0.05) is 18.1 Å². The zero-order valence-corrected chi connectivity index (χ0v) is 39.6. The van der Waals surface area contributed by atoms with Crippen LogP contribution in [0, 0.1) is 28.6 Å². The summed E-state index contributed by atoms with van der Waals surface area (Å²) in [5.41, 5.74) is 1.44. The van der Waals surface area contributed by atoms with E-state index in [2.05, 4.69) is 73.4 Å². The lowest BCUT2D eigenvalue weighted by Crippen LogP contribution is -2.73. The number of nitrogens with zero attached hydrogens (tertiary/aromatic N) is 2. The fourth-order valence-corrected chi connectivity index (χ4v) is 16.2. The Morgan fingerprint density at radius 2 is 1.54 bits per heavy atom. The van der Waals surface area contributed by atoms with Gasteiger partial charge < -0.3 is 27.7 Å². The highest BCUT2D eigenvalue weighted by Crippen LogP contribution is 2.69. The lowest BCUT2D eigenvalue weighted by molar-refractivity contribution is -0.185. The molecule has 1 aliphatic heterocycles. The summed E-state index contributed by atoms with van der Waals surface area (Å²) in [6.07, 6.45) is 10.6. The molecule has 0 N–H and O–H groups in total. The highest BCUT2D eigenvalue weighted by molar-refractivity contribution is 7.53. The van der Waals surface area contributed by atoms with Crippen LogP contribution in [-0.4, -0.2) is 82.0 Å². The molecule has 3 saturated carbocycles. The van der Waals surface area contributed by atoms with Crippen LogP contribution in [0.3, 0.4) is 0 Å². The molecule has 2 amide bonds. The first kappa shape index (κ1) is 44.0. The van der Waals surface area contributed by atoms with Crippen molar-refractivity contribution in [3.63, 3.8) is 0 Å². The van der Waals surface area contributed by atoms with Crippen LogP contribution in [0.4, 0.5) is 0 Å². The van der Waals surface area contributed by atoms with Gasteiger partial charge in [0.1, 0.15) is 18.9 Å². The Hall–Kier alpha value is -1.60. The fourth-order valence-electron chi connectivity index (χ4n) is 11.6. The number of hydrogen-bond acceptors (Lipinski definition) is 7. The van der Waals surface area contributed by atoms with E-state index in [1.165, 1.54) is 4.90 Å². The molecular weight excluding hydrogens is 756 g/mol. The summed E-state index contributed by atoms with van der Waals surface area (Å²) in [5, 5.41) is 0.185. The third-order valence-corrected chi connectivity index (χ3v) is 22.6. The number of fused-ring (bicyclic) bond motifs is 5. The molecule has 56 heavy (non-hydrogen) atoms. The molecule has 0 aromatic heterocycles. The van der Waals surface area contributed by atoms with E-state index in [1.54, 1.807) is 19.4 Å². The first-order chi connectivity index (χ1) is 26.0. The maximum Gasteiger partial charge on any atom is 0.349 e. The molecule has 9 nitrogen and oxygen atoms in total. The normalized spacial score (nSPS) is 34.2. The fraction of sp³-hybridized carbons (Fsp3) is 0.773. The molecule has 4 fully saturated rings. The van der Waals surface area contributed by atoms with Gasteiger partial charge in [0.15, 0.2) is 16.6 Å². The van der Waals surface area contributed by atoms with E-state index in [0.717, 1.165) is 50.5 Å².